The van der Waals surface area contributed by atoms with E-state index >= 15 is 0 Å². The quantitative estimate of drug-likeness (QED) is 0.611. The number of fused-ring (bicyclic) bond motifs is 2. The number of ether oxygens (including phenoxy) is 1. The third-order valence-electron chi connectivity index (χ3n) is 5.80. The molecule has 2 aromatic rings. The number of nitrogens with zero attached hydrogens (tertiary/aromatic N) is 2. The molecule has 1 aromatic carbocycles. The molecule has 0 radical (unpaired) electrons. The van der Waals surface area contributed by atoms with Crippen molar-refractivity contribution in [3.8, 4) is 0 Å². The first kappa shape index (κ1) is 19.3. The van der Waals surface area contributed by atoms with Gasteiger partial charge < -0.3 is 9.72 Å². The summed E-state index contributed by atoms with van der Waals surface area (Å²) in [5, 5.41) is 0.460. The molecule has 152 valence electrons. The molecule has 2 aliphatic rings. The molecule has 2 fully saturated rings. The van der Waals surface area contributed by atoms with E-state index in [9.17, 15) is 19.2 Å². The van der Waals surface area contributed by atoms with Crippen LogP contribution in [0.1, 0.15) is 51.0 Å². The number of carbonyl (C=O) groups is 3. The molecule has 2 amide bonds. The molecule has 3 atom stereocenters. The van der Waals surface area contributed by atoms with Gasteiger partial charge in [-0.2, -0.15) is 0 Å². The lowest BCUT2D eigenvalue weighted by Gasteiger charge is -2.19. The molecular weight excluding hydrogens is 374 g/mol. The molecule has 0 spiro atoms. The summed E-state index contributed by atoms with van der Waals surface area (Å²) in [5.41, 5.74) is 0.217. The fraction of sp³-hybridized carbons (Fsp3) is 0.476. The highest BCUT2D eigenvalue weighted by Crippen LogP contribution is 2.38. The minimum Gasteiger partial charge on any atom is -0.454 e. The highest BCUT2D eigenvalue weighted by molar-refractivity contribution is 6.05. The molecule has 8 heteroatoms. The van der Waals surface area contributed by atoms with Gasteiger partial charge in [-0.15, -0.1) is 0 Å². The van der Waals surface area contributed by atoms with Crippen LogP contribution in [0.5, 0.6) is 0 Å². The zero-order valence-corrected chi connectivity index (χ0v) is 16.2. The van der Waals surface area contributed by atoms with E-state index in [1.54, 1.807) is 31.2 Å². The SMILES string of the molecule is C[C@H](OC(=O)CCN1C(=O)[C@H]2CCCC[C@@H]2C1=O)c1nc2ccccc2c(=O)[nH]1. The number of nitrogens with one attached hydrogen (secondary N) is 1. The number of esters is 1. The first-order valence-electron chi connectivity index (χ1n) is 9.99. The van der Waals surface area contributed by atoms with Gasteiger partial charge in [0.15, 0.2) is 11.9 Å². The summed E-state index contributed by atoms with van der Waals surface area (Å²) in [6.07, 6.45) is 2.57. The summed E-state index contributed by atoms with van der Waals surface area (Å²) in [4.78, 5) is 57.6. The number of aromatic amines is 1. The van der Waals surface area contributed by atoms with Gasteiger partial charge in [0, 0.05) is 6.54 Å². The van der Waals surface area contributed by atoms with Crippen molar-refractivity contribution in [1.29, 1.82) is 0 Å². The van der Waals surface area contributed by atoms with E-state index in [2.05, 4.69) is 9.97 Å². The zero-order chi connectivity index (χ0) is 20.5. The number of amides is 2. The Morgan fingerprint density at radius 2 is 1.83 bits per heavy atom. The molecule has 1 aliphatic heterocycles. The van der Waals surface area contributed by atoms with Gasteiger partial charge in [0.2, 0.25) is 11.8 Å². The summed E-state index contributed by atoms with van der Waals surface area (Å²) >= 11 is 0. The van der Waals surface area contributed by atoms with Gasteiger partial charge in [0.25, 0.3) is 5.56 Å². The smallest absolute Gasteiger partial charge is 0.308 e. The molecule has 8 nitrogen and oxygen atoms in total. The normalized spacial score (nSPS) is 22.6. The Morgan fingerprint density at radius 1 is 1.17 bits per heavy atom. The van der Waals surface area contributed by atoms with Crippen LogP contribution in [0.2, 0.25) is 0 Å². The van der Waals surface area contributed by atoms with Crippen LogP contribution < -0.4 is 5.56 Å². The van der Waals surface area contributed by atoms with E-state index in [1.165, 1.54) is 4.90 Å². The number of carbonyl (C=O) groups excluding carboxylic acids is 3. The van der Waals surface area contributed by atoms with Crippen molar-refractivity contribution in [3.05, 3.63) is 40.4 Å². The Bertz CT molecular complexity index is 1010. The van der Waals surface area contributed by atoms with Crippen molar-refractivity contribution in [1.82, 2.24) is 14.9 Å². The van der Waals surface area contributed by atoms with Crippen LogP contribution in [0.15, 0.2) is 29.1 Å². The second-order valence-corrected chi connectivity index (χ2v) is 7.68. The molecule has 1 aromatic heterocycles. The lowest BCUT2D eigenvalue weighted by Crippen LogP contribution is -2.33. The van der Waals surface area contributed by atoms with Gasteiger partial charge in [-0.3, -0.25) is 24.1 Å². The van der Waals surface area contributed by atoms with Crippen LogP contribution in [0.25, 0.3) is 10.9 Å². The largest absolute Gasteiger partial charge is 0.454 e. The van der Waals surface area contributed by atoms with Crippen LogP contribution in [-0.4, -0.2) is 39.2 Å². The number of aromatic nitrogens is 2. The number of hydrogen-bond donors (Lipinski definition) is 1. The molecule has 0 bridgehead atoms. The molecule has 0 unspecified atom stereocenters. The van der Waals surface area contributed by atoms with E-state index in [1.807, 2.05) is 0 Å². The maximum Gasteiger partial charge on any atom is 0.308 e. The Hall–Kier alpha value is -3.03. The van der Waals surface area contributed by atoms with Crippen molar-refractivity contribution >= 4 is 28.7 Å². The highest BCUT2D eigenvalue weighted by Gasteiger charge is 2.47. The molecule has 1 aliphatic carbocycles. The van der Waals surface area contributed by atoms with Gasteiger partial charge in [0.1, 0.15) is 0 Å². The number of hydrogen-bond acceptors (Lipinski definition) is 6. The van der Waals surface area contributed by atoms with Crippen LogP contribution in [-0.2, 0) is 19.1 Å². The minimum atomic E-state index is -0.757. The third-order valence-corrected chi connectivity index (χ3v) is 5.80. The molecular formula is C21H23N3O5. The Labute approximate surface area is 167 Å². The average Bonchev–Trinajstić information content (AvgIpc) is 2.97. The Kier molecular flexibility index (Phi) is 5.17. The monoisotopic (exact) mass is 397 g/mol. The summed E-state index contributed by atoms with van der Waals surface area (Å²) < 4.78 is 5.37. The predicted octanol–water partition coefficient (Wildman–Crippen LogP) is 2.09. The van der Waals surface area contributed by atoms with E-state index in [0.29, 0.717) is 10.9 Å². The van der Waals surface area contributed by atoms with E-state index in [-0.39, 0.29) is 48.0 Å². The molecule has 2 heterocycles. The highest BCUT2D eigenvalue weighted by atomic mass is 16.5. The summed E-state index contributed by atoms with van der Waals surface area (Å²) in [5.74, 6) is -1.08. The van der Waals surface area contributed by atoms with E-state index < -0.39 is 12.1 Å². The summed E-state index contributed by atoms with van der Waals surface area (Å²) in [6, 6.07) is 6.91. The fourth-order valence-electron chi connectivity index (χ4n) is 4.26. The minimum absolute atomic E-state index is 0.0257. The van der Waals surface area contributed by atoms with Crippen LogP contribution in [0, 0.1) is 11.8 Å². The first-order valence-corrected chi connectivity index (χ1v) is 9.99. The van der Waals surface area contributed by atoms with Crippen LogP contribution in [0.3, 0.4) is 0 Å². The number of rotatable bonds is 5. The maximum absolute atomic E-state index is 12.5. The van der Waals surface area contributed by atoms with Crippen molar-refractivity contribution < 1.29 is 19.1 Å². The van der Waals surface area contributed by atoms with Gasteiger partial charge in [0.05, 0.1) is 29.2 Å². The molecule has 29 heavy (non-hydrogen) atoms. The third kappa shape index (κ3) is 3.66. The molecule has 1 saturated carbocycles. The number of imide groups is 1. The lowest BCUT2D eigenvalue weighted by molar-refractivity contribution is -0.150. The molecule has 1 saturated heterocycles. The van der Waals surface area contributed by atoms with Gasteiger partial charge in [-0.05, 0) is 31.9 Å². The van der Waals surface area contributed by atoms with E-state index in [4.69, 9.17) is 4.74 Å². The summed E-state index contributed by atoms with van der Waals surface area (Å²) in [6.45, 7) is 1.64. The van der Waals surface area contributed by atoms with Gasteiger partial charge >= 0.3 is 5.97 Å². The first-order chi connectivity index (χ1) is 14.0. The zero-order valence-electron chi connectivity index (χ0n) is 16.2. The predicted molar refractivity (Wildman–Crippen MR) is 104 cm³/mol. The Morgan fingerprint density at radius 3 is 2.52 bits per heavy atom. The lowest BCUT2D eigenvalue weighted by atomic mass is 9.81. The molecule has 1 N–H and O–H groups in total. The number of H-pyrrole nitrogens is 1. The average molecular weight is 397 g/mol. The van der Waals surface area contributed by atoms with Crippen molar-refractivity contribution in [3.63, 3.8) is 0 Å². The number of likely N-dealkylation sites (tertiary alicyclic amines) is 1. The second kappa shape index (κ2) is 7.77. The van der Waals surface area contributed by atoms with Crippen LogP contribution >= 0.6 is 0 Å². The number of benzene rings is 1. The Balaban J connectivity index is 1.38. The van der Waals surface area contributed by atoms with Crippen molar-refractivity contribution in [2.45, 2.75) is 45.1 Å². The standard InChI is InChI=1S/C21H23N3O5/c1-12(18-22-16-9-5-4-8-15(16)19(26)23-18)29-17(25)10-11-24-20(27)13-6-2-3-7-14(13)21(24)28/h4-5,8-9,12-14H,2-3,6-7,10-11H2,1H3,(H,22,23,26)/t12-,13-,14-/m0/s1. The van der Waals surface area contributed by atoms with Crippen LogP contribution in [0.4, 0.5) is 0 Å². The van der Waals surface area contributed by atoms with Crippen molar-refractivity contribution in [2.24, 2.45) is 11.8 Å². The second-order valence-electron chi connectivity index (χ2n) is 7.68. The number of para-hydroxylation sites is 1. The maximum atomic E-state index is 12.5. The van der Waals surface area contributed by atoms with Gasteiger partial charge in [-0.25, -0.2) is 4.98 Å². The topological polar surface area (TPSA) is 109 Å². The molecule has 4 rings (SSSR count). The van der Waals surface area contributed by atoms with Gasteiger partial charge in [-0.1, -0.05) is 25.0 Å². The van der Waals surface area contributed by atoms with E-state index in [0.717, 1.165) is 25.7 Å². The fourth-order valence-corrected chi connectivity index (χ4v) is 4.26. The summed E-state index contributed by atoms with van der Waals surface area (Å²) in [7, 11) is 0. The van der Waals surface area contributed by atoms with Crippen molar-refractivity contribution in [2.75, 3.05) is 6.54 Å².